The number of nitrogens with zero attached hydrogens (tertiary/aromatic N) is 6. The van der Waals surface area contributed by atoms with Gasteiger partial charge in [0.25, 0.3) is 0 Å². The van der Waals surface area contributed by atoms with E-state index in [4.69, 9.17) is 34.0 Å². The number of nitrogens with one attached hydrogen (secondary N) is 1. The molecular formula is C35H33N7O4. The topological polar surface area (TPSA) is 108 Å². The highest BCUT2D eigenvalue weighted by molar-refractivity contribution is 6.51. The summed E-state index contributed by atoms with van der Waals surface area (Å²) in [6.45, 7) is 4.55. The van der Waals surface area contributed by atoms with Crippen LogP contribution in [0.25, 0.3) is 5.82 Å². The van der Waals surface area contributed by atoms with E-state index in [0.29, 0.717) is 47.2 Å². The summed E-state index contributed by atoms with van der Waals surface area (Å²) in [5.41, 5.74) is 5.15. The lowest BCUT2D eigenvalue weighted by atomic mass is 9.92. The molecule has 7 rings (SSSR count). The summed E-state index contributed by atoms with van der Waals surface area (Å²) in [6, 6.07) is 25.1. The zero-order valence-electron chi connectivity index (χ0n) is 26.2. The summed E-state index contributed by atoms with van der Waals surface area (Å²) >= 11 is 0. The first kappa shape index (κ1) is 28.9. The van der Waals surface area contributed by atoms with Crippen LogP contribution in [0.15, 0.2) is 95.0 Å². The van der Waals surface area contributed by atoms with Gasteiger partial charge in [0.2, 0.25) is 5.75 Å². The Kier molecular flexibility index (Phi) is 7.49. The smallest absolute Gasteiger partial charge is 0.203 e. The van der Waals surface area contributed by atoms with Crippen molar-refractivity contribution >= 4 is 34.6 Å². The highest BCUT2D eigenvalue weighted by Crippen LogP contribution is 2.50. The lowest BCUT2D eigenvalue weighted by Crippen LogP contribution is -2.46. The molecular weight excluding hydrogens is 582 g/mol. The average Bonchev–Trinajstić information content (AvgIpc) is 3.43. The van der Waals surface area contributed by atoms with E-state index in [9.17, 15) is 0 Å². The second-order valence-electron chi connectivity index (χ2n) is 10.6. The van der Waals surface area contributed by atoms with Crippen LogP contribution in [0.3, 0.4) is 0 Å². The van der Waals surface area contributed by atoms with E-state index in [1.165, 1.54) is 0 Å². The van der Waals surface area contributed by atoms with Crippen LogP contribution < -0.4 is 29.2 Å². The summed E-state index contributed by atoms with van der Waals surface area (Å²) in [6.07, 6.45) is 1.74. The van der Waals surface area contributed by atoms with E-state index in [1.807, 2.05) is 86.6 Å². The molecule has 2 aliphatic rings. The fourth-order valence-corrected chi connectivity index (χ4v) is 5.95. The van der Waals surface area contributed by atoms with Gasteiger partial charge in [-0.15, -0.1) is 0 Å². The van der Waals surface area contributed by atoms with Crippen LogP contribution in [0.4, 0.5) is 22.9 Å². The van der Waals surface area contributed by atoms with Gasteiger partial charge in [-0.25, -0.2) is 15.0 Å². The first-order valence-corrected chi connectivity index (χ1v) is 14.9. The number of para-hydroxylation sites is 2. The fraction of sp³-hybridized carbons (Fsp3) is 0.200. The first-order valence-electron chi connectivity index (χ1n) is 14.9. The molecule has 232 valence electrons. The minimum absolute atomic E-state index is 0.401. The highest BCUT2D eigenvalue weighted by atomic mass is 16.5. The summed E-state index contributed by atoms with van der Waals surface area (Å²) in [5.74, 6) is 4.91. The molecule has 0 bridgehead atoms. The maximum absolute atomic E-state index is 5.80. The monoisotopic (exact) mass is 615 g/mol. The third kappa shape index (κ3) is 4.86. The van der Waals surface area contributed by atoms with Gasteiger partial charge in [-0.3, -0.25) is 0 Å². The summed E-state index contributed by atoms with van der Waals surface area (Å²) in [7, 11) is 4.83. The van der Waals surface area contributed by atoms with Crippen molar-refractivity contribution in [3.05, 3.63) is 102 Å². The Bertz CT molecular complexity index is 1940. The fourth-order valence-electron chi connectivity index (χ4n) is 5.95. The molecule has 2 aliphatic heterocycles. The minimum atomic E-state index is -0.401. The molecule has 11 nitrogen and oxygen atoms in total. The molecule has 0 saturated carbocycles. The Labute approximate surface area is 266 Å². The number of benzene rings is 3. The van der Waals surface area contributed by atoms with Crippen molar-refractivity contribution in [2.24, 2.45) is 9.98 Å². The van der Waals surface area contributed by atoms with E-state index >= 15 is 0 Å². The number of hydrogen-bond donors (Lipinski definition) is 1. The number of amidine groups is 2. The summed E-state index contributed by atoms with van der Waals surface area (Å²) < 4.78 is 24.7. The van der Waals surface area contributed by atoms with Crippen LogP contribution >= 0.6 is 0 Å². The van der Waals surface area contributed by atoms with Crippen LogP contribution in [-0.4, -0.2) is 54.4 Å². The highest BCUT2D eigenvalue weighted by Gasteiger charge is 2.42. The van der Waals surface area contributed by atoms with Gasteiger partial charge in [-0.1, -0.05) is 18.2 Å². The van der Waals surface area contributed by atoms with Gasteiger partial charge in [0.15, 0.2) is 34.8 Å². The minimum Gasteiger partial charge on any atom is -0.494 e. The van der Waals surface area contributed by atoms with Crippen LogP contribution in [0.2, 0.25) is 0 Å². The number of ether oxygens (including phenoxy) is 4. The molecule has 0 spiro atoms. The molecule has 3 aromatic carbocycles. The Morgan fingerprint density at radius 1 is 0.848 bits per heavy atom. The second-order valence-corrected chi connectivity index (χ2v) is 10.6. The van der Waals surface area contributed by atoms with Gasteiger partial charge in [-0.05, 0) is 80.1 Å². The van der Waals surface area contributed by atoms with Crippen molar-refractivity contribution in [3.8, 4) is 28.8 Å². The maximum Gasteiger partial charge on any atom is 0.203 e. The predicted octanol–water partition coefficient (Wildman–Crippen LogP) is 6.80. The van der Waals surface area contributed by atoms with Gasteiger partial charge < -0.3 is 29.2 Å². The lowest BCUT2D eigenvalue weighted by molar-refractivity contribution is 0.323. The molecule has 11 heteroatoms. The molecule has 0 unspecified atom stereocenters. The Morgan fingerprint density at radius 3 is 2.26 bits per heavy atom. The average molecular weight is 616 g/mol. The Balaban J connectivity index is 1.48. The zero-order chi connectivity index (χ0) is 31.8. The second kappa shape index (κ2) is 11.9. The molecule has 1 N–H and O–H groups in total. The van der Waals surface area contributed by atoms with Crippen LogP contribution in [0.5, 0.6) is 23.0 Å². The molecule has 0 aliphatic carbocycles. The number of aryl methyl sites for hydroxylation is 1. The van der Waals surface area contributed by atoms with Crippen LogP contribution in [-0.2, 0) is 0 Å². The predicted molar refractivity (Wildman–Crippen MR) is 178 cm³/mol. The molecule has 4 heterocycles. The van der Waals surface area contributed by atoms with Crippen molar-refractivity contribution in [1.29, 1.82) is 0 Å². The third-order valence-corrected chi connectivity index (χ3v) is 7.94. The van der Waals surface area contributed by atoms with Gasteiger partial charge >= 0.3 is 0 Å². The molecule has 0 fully saturated rings. The van der Waals surface area contributed by atoms with Crippen molar-refractivity contribution in [2.75, 3.05) is 38.2 Å². The van der Waals surface area contributed by atoms with Crippen molar-refractivity contribution in [1.82, 2.24) is 14.8 Å². The van der Waals surface area contributed by atoms with Gasteiger partial charge in [0.05, 0.1) is 51.0 Å². The maximum atomic E-state index is 5.80. The van der Waals surface area contributed by atoms with Gasteiger partial charge in [0, 0.05) is 17.4 Å². The van der Waals surface area contributed by atoms with Crippen LogP contribution in [0, 0.1) is 6.92 Å². The molecule has 1 atom stereocenters. The standard InChI is InChI=1S/C35H33N7O4/c1-6-46-24-16-14-23(15-17-24)37-33-35-39-34-30(21(2)40-42(34)29-13-9-10-18-36-29)31(41(35)26-12-8-7-11-25(26)38-33)22-19-27(43-3)32(45-5)28(20-22)44-4/h7-20,31H,6H2,1-5H3,(H,37,38)/t31-/m1/s1. The Morgan fingerprint density at radius 2 is 1.59 bits per heavy atom. The largest absolute Gasteiger partial charge is 0.494 e. The summed E-state index contributed by atoms with van der Waals surface area (Å²) in [4.78, 5) is 17.1. The molecule has 2 aromatic heterocycles. The number of aliphatic imine (C=N–C) groups is 2. The quantitative estimate of drug-likeness (QED) is 0.203. The Hall–Kier alpha value is -5.84. The van der Waals surface area contributed by atoms with Crippen molar-refractivity contribution in [3.63, 3.8) is 0 Å². The van der Waals surface area contributed by atoms with E-state index in [-0.39, 0.29) is 0 Å². The first-order chi connectivity index (χ1) is 22.5. The number of aromatic nitrogens is 3. The number of pyridine rings is 1. The zero-order valence-corrected chi connectivity index (χ0v) is 26.2. The molecule has 5 aromatic rings. The molecule has 0 amide bonds. The number of methoxy groups -OCH3 is 3. The van der Waals surface area contributed by atoms with Crippen LogP contribution in [0.1, 0.15) is 29.8 Å². The number of anilines is 2. The van der Waals surface area contributed by atoms with E-state index < -0.39 is 6.04 Å². The van der Waals surface area contributed by atoms with Crippen molar-refractivity contribution in [2.45, 2.75) is 19.9 Å². The SMILES string of the molecule is CCOc1ccc(NC2=Nc3ccccc3N3C2=Nc2c(c(C)nn2-c2ccccn2)[C@H]3c2cc(OC)c(OC)c(OC)c2)cc1. The normalized spacial score (nSPS) is 14.7. The number of hydrogen-bond acceptors (Lipinski definition) is 10. The van der Waals surface area contributed by atoms with E-state index in [0.717, 1.165) is 39.6 Å². The molecule has 0 radical (unpaired) electrons. The van der Waals surface area contributed by atoms with Gasteiger partial charge in [0.1, 0.15) is 5.75 Å². The summed E-state index contributed by atoms with van der Waals surface area (Å²) in [5, 5.41) is 8.50. The number of fused-ring (bicyclic) bond motifs is 4. The molecule has 0 saturated heterocycles. The van der Waals surface area contributed by atoms with Gasteiger partial charge in [-0.2, -0.15) is 9.78 Å². The lowest BCUT2D eigenvalue weighted by Gasteiger charge is -2.40. The van der Waals surface area contributed by atoms with E-state index in [2.05, 4.69) is 21.3 Å². The third-order valence-electron chi connectivity index (χ3n) is 7.94. The number of rotatable bonds is 8. The molecule has 46 heavy (non-hydrogen) atoms. The van der Waals surface area contributed by atoms with Crippen molar-refractivity contribution < 1.29 is 18.9 Å². The van der Waals surface area contributed by atoms with E-state index in [1.54, 1.807) is 32.2 Å².